The van der Waals surface area contributed by atoms with Crippen LogP contribution in [0.2, 0.25) is 5.02 Å². The standard InChI is InChI=1S/C21H19ClN2O3S2/c22-16-8-4-7-15(9-16)11-18-20(27)24(21(28)29-18)12-19(26)23-17(13-25)10-14-5-2-1-3-6-14/h1-9,11,17,25H,10,12-13H2,(H,23,26)/b18-11-/t17-/m1/s1. The molecular weight excluding hydrogens is 428 g/mol. The van der Waals surface area contributed by atoms with E-state index in [0.29, 0.717) is 20.7 Å². The van der Waals surface area contributed by atoms with Crippen LogP contribution in [-0.2, 0) is 16.0 Å². The van der Waals surface area contributed by atoms with E-state index >= 15 is 0 Å². The quantitative estimate of drug-likeness (QED) is 0.504. The predicted molar refractivity (Wildman–Crippen MR) is 120 cm³/mol. The first-order chi connectivity index (χ1) is 14.0. The number of carbonyl (C=O) groups excluding carboxylic acids is 2. The van der Waals surface area contributed by atoms with Crippen LogP contribution in [-0.4, -0.2) is 45.3 Å². The van der Waals surface area contributed by atoms with Gasteiger partial charge in [0.05, 0.1) is 17.6 Å². The van der Waals surface area contributed by atoms with Gasteiger partial charge in [-0.05, 0) is 35.8 Å². The molecule has 5 nitrogen and oxygen atoms in total. The number of aliphatic hydroxyl groups excluding tert-OH is 1. The molecule has 1 saturated heterocycles. The average Bonchev–Trinajstić information content (AvgIpc) is 2.95. The molecule has 8 heteroatoms. The van der Waals surface area contributed by atoms with Crippen LogP contribution in [0.15, 0.2) is 59.5 Å². The molecule has 1 atom stereocenters. The number of rotatable bonds is 7. The summed E-state index contributed by atoms with van der Waals surface area (Å²) < 4.78 is 0.321. The van der Waals surface area contributed by atoms with Crippen LogP contribution in [0.4, 0.5) is 0 Å². The molecule has 2 N–H and O–H groups in total. The first kappa shape index (κ1) is 21.5. The lowest BCUT2D eigenvalue weighted by atomic mass is 10.1. The maximum Gasteiger partial charge on any atom is 0.266 e. The number of benzene rings is 2. The molecule has 2 aromatic carbocycles. The summed E-state index contributed by atoms with van der Waals surface area (Å²) in [5, 5.41) is 12.9. The topological polar surface area (TPSA) is 69.6 Å². The number of carbonyl (C=O) groups is 2. The van der Waals surface area contributed by atoms with Crippen molar-refractivity contribution in [1.82, 2.24) is 10.2 Å². The molecule has 0 spiro atoms. The molecule has 1 heterocycles. The van der Waals surface area contributed by atoms with Gasteiger partial charge in [-0.1, -0.05) is 78.0 Å². The predicted octanol–water partition coefficient (Wildman–Crippen LogP) is 3.26. The summed E-state index contributed by atoms with van der Waals surface area (Å²) in [5.74, 6) is -0.695. The van der Waals surface area contributed by atoms with E-state index in [1.807, 2.05) is 36.4 Å². The Bertz CT molecular complexity index is 950. The van der Waals surface area contributed by atoms with Crippen molar-refractivity contribution in [2.45, 2.75) is 12.5 Å². The van der Waals surface area contributed by atoms with E-state index in [-0.39, 0.29) is 25.0 Å². The Morgan fingerprint density at radius 3 is 2.69 bits per heavy atom. The smallest absolute Gasteiger partial charge is 0.266 e. The summed E-state index contributed by atoms with van der Waals surface area (Å²) in [7, 11) is 0. The molecule has 0 aliphatic carbocycles. The third-order valence-electron chi connectivity index (χ3n) is 4.23. The van der Waals surface area contributed by atoms with Gasteiger partial charge in [-0.25, -0.2) is 0 Å². The number of hydrogen-bond acceptors (Lipinski definition) is 5. The lowest BCUT2D eigenvalue weighted by Crippen LogP contribution is -2.45. The highest BCUT2D eigenvalue weighted by Gasteiger charge is 2.33. The first-order valence-corrected chi connectivity index (χ1v) is 10.5. The fourth-order valence-corrected chi connectivity index (χ4v) is 4.31. The third kappa shape index (κ3) is 5.90. The molecule has 0 saturated carbocycles. The highest BCUT2D eigenvalue weighted by atomic mass is 35.5. The van der Waals surface area contributed by atoms with Gasteiger partial charge >= 0.3 is 0 Å². The van der Waals surface area contributed by atoms with E-state index in [9.17, 15) is 14.7 Å². The Labute approximate surface area is 183 Å². The van der Waals surface area contributed by atoms with Crippen molar-refractivity contribution in [3.8, 4) is 0 Å². The fraction of sp³-hybridized carbons (Fsp3) is 0.190. The normalized spacial score (nSPS) is 16.3. The van der Waals surface area contributed by atoms with Crippen LogP contribution in [0.5, 0.6) is 0 Å². The second kappa shape index (κ2) is 10.0. The maximum atomic E-state index is 12.7. The van der Waals surface area contributed by atoms with Gasteiger partial charge in [-0.2, -0.15) is 0 Å². The lowest BCUT2D eigenvalue weighted by Gasteiger charge is -2.19. The van der Waals surface area contributed by atoms with Crippen LogP contribution in [0, 0.1) is 0 Å². The van der Waals surface area contributed by atoms with Crippen LogP contribution in [0.1, 0.15) is 11.1 Å². The summed E-state index contributed by atoms with van der Waals surface area (Å²) in [6, 6.07) is 16.3. The number of nitrogens with one attached hydrogen (secondary N) is 1. The highest BCUT2D eigenvalue weighted by molar-refractivity contribution is 8.26. The van der Waals surface area contributed by atoms with Gasteiger partial charge < -0.3 is 10.4 Å². The summed E-state index contributed by atoms with van der Waals surface area (Å²) in [4.78, 5) is 26.8. The second-order valence-electron chi connectivity index (χ2n) is 6.46. The Balaban J connectivity index is 1.62. The van der Waals surface area contributed by atoms with E-state index in [1.54, 1.807) is 24.3 Å². The molecular formula is C21H19ClN2O3S2. The van der Waals surface area contributed by atoms with E-state index in [0.717, 1.165) is 22.9 Å². The van der Waals surface area contributed by atoms with Gasteiger partial charge in [0.2, 0.25) is 5.91 Å². The van der Waals surface area contributed by atoms with Crippen LogP contribution < -0.4 is 5.32 Å². The SMILES string of the molecule is O=C(CN1C(=O)/C(=C/c2cccc(Cl)c2)SC1=S)N[C@@H](CO)Cc1ccccc1. The Kier molecular flexibility index (Phi) is 7.44. The number of hydrogen-bond donors (Lipinski definition) is 2. The molecule has 150 valence electrons. The summed E-state index contributed by atoms with van der Waals surface area (Å²) in [5.41, 5.74) is 1.78. The molecule has 3 rings (SSSR count). The van der Waals surface area contributed by atoms with Crippen LogP contribution in [0.25, 0.3) is 6.08 Å². The molecule has 2 aromatic rings. The first-order valence-electron chi connectivity index (χ1n) is 8.91. The average molecular weight is 447 g/mol. The molecule has 1 aliphatic rings. The van der Waals surface area contributed by atoms with E-state index in [1.165, 1.54) is 4.90 Å². The zero-order chi connectivity index (χ0) is 20.8. The van der Waals surface area contributed by atoms with Crippen molar-refractivity contribution >= 4 is 57.8 Å². The van der Waals surface area contributed by atoms with Crippen molar-refractivity contribution in [3.05, 3.63) is 75.7 Å². The zero-order valence-electron chi connectivity index (χ0n) is 15.4. The number of thiocarbonyl (C=S) groups is 1. The number of halogens is 1. The minimum atomic E-state index is -0.440. The fourth-order valence-electron chi connectivity index (χ4n) is 2.86. The molecule has 1 aliphatic heterocycles. The lowest BCUT2D eigenvalue weighted by molar-refractivity contribution is -0.129. The third-order valence-corrected chi connectivity index (χ3v) is 5.85. The Morgan fingerprint density at radius 1 is 1.24 bits per heavy atom. The largest absolute Gasteiger partial charge is 0.394 e. The van der Waals surface area contributed by atoms with Gasteiger partial charge in [0.15, 0.2) is 0 Å². The Hall–Kier alpha value is -2.19. The number of amides is 2. The van der Waals surface area contributed by atoms with Gasteiger partial charge in [-0.3, -0.25) is 14.5 Å². The number of thioether (sulfide) groups is 1. The van der Waals surface area contributed by atoms with Crippen molar-refractivity contribution in [3.63, 3.8) is 0 Å². The minimum Gasteiger partial charge on any atom is -0.394 e. The van der Waals surface area contributed by atoms with Gasteiger partial charge in [0.1, 0.15) is 10.9 Å². The van der Waals surface area contributed by atoms with Gasteiger partial charge in [-0.15, -0.1) is 0 Å². The minimum absolute atomic E-state index is 0.192. The molecule has 0 aromatic heterocycles. The maximum absolute atomic E-state index is 12.7. The highest BCUT2D eigenvalue weighted by Crippen LogP contribution is 2.32. The van der Waals surface area contributed by atoms with E-state index < -0.39 is 6.04 Å². The van der Waals surface area contributed by atoms with Crippen LogP contribution >= 0.6 is 35.6 Å². The van der Waals surface area contributed by atoms with Crippen molar-refractivity contribution in [2.24, 2.45) is 0 Å². The van der Waals surface area contributed by atoms with Crippen LogP contribution in [0.3, 0.4) is 0 Å². The molecule has 1 fully saturated rings. The summed E-state index contributed by atoms with van der Waals surface area (Å²) >= 11 is 12.4. The molecule has 2 amide bonds. The van der Waals surface area contributed by atoms with E-state index in [4.69, 9.17) is 23.8 Å². The second-order valence-corrected chi connectivity index (χ2v) is 8.57. The molecule has 29 heavy (non-hydrogen) atoms. The van der Waals surface area contributed by atoms with Crippen molar-refractivity contribution < 1.29 is 14.7 Å². The van der Waals surface area contributed by atoms with Crippen molar-refractivity contribution in [1.29, 1.82) is 0 Å². The van der Waals surface area contributed by atoms with E-state index in [2.05, 4.69) is 5.32 Å². The van der Waals surface area contributed by atoms with Crippen molar-refractivity contribution in [2.75, 3.05) is 13.2 Å². The summed E-state index contributed by atoms with van der Waals surface area (Å²) in [6.07, 6.45) is 2.20. The zero-order valence-corrected chi connectivity index (χ0v) is 17.8. The van der Waals surface area contributed by atoms with Gasteiger partial charge in [0.25, 0.3) is 5.91 Å². The summed E-state index contributed by atoms with van der Waals surface area (Å²) in [6.45, 7) is -0.392. The molecule has 0 bridgehead atoms. The Morgan fingerprint density at radius 2 is 2.00 bits per heavy atom. The monoisotopic (exact) mass is 446 g/mol. The number of aliphatic hydroxyl groups is 1. The van der Waals surface area contributed by atoms with Gasteiger partial charge in [0, 0.05) is 5.02 Å². The molecule has 0 unspecified atom stereocenters. The molecule has 0 radical (unpaired) electrons. The number of nitrogens with zero attached hydrogens (tertiary/aromatic N) is 1.